The molecule has 0 saturated heterocycles. The molecule has 0 heterocycles. The summed E-state index contributed by atoms with van der Waals surface area (Å²) in [4.78, 5) is 21.8. The summed E-state index contributed by atoms with van der Waals surface area (Å²) in [6, 6.07) is 0.348. The number of nitrogens with one attached hydrogen (secondary N) is 1. The second-order valence-corrected chi connectivity index (χ2v) is 4.84. The number of rotatable bonds is 6. The lowest BCUT2D eigenvalue weighted by atomic mass is 9.84. The van der Waals surface area contributed by atoms with Crippen molar-refractivity contribution < 1.29 is 14.3 Å². The Morgan fingerprint density at radius 3 is 2.50 bits per heavy atom. The SMILES string of the molecule is NC(=O)OCCNC(=O)CCC1CCC(N)CC1. The third-order valence-corrected chi connectivity index (χ3v) is 3.34. The first-order valence-electron chi connectivity index (χ1n) is 6.52. The minimum Gasteiger partial charge on any atom is -0.448 e. The van der Waals surface area contributed by atoms with E-state index in [2.05, 4.69) is 10.1 Å². The zero-order valence-electron chi connectivity index (χ0n) is 10.7. The lowest BCUT2D eigenvalue weighted by molar-refractivity contribution is -0.121. The summed E-state index contributed by atoms with van der Waals surface area (Å²) in [5, 5.41) is 2.69. The Morgan fingerprint density at radius 1 is 1.22 bits per heavy atom. The van der Waals surface area contributed by atoms with E-state index in [0.29, 0.717) is 24.9 Å². The first-order chi connectivity index (χ1) is 8.58. The van der Waals surface area contributed by atoms with Crippen molar-refractivity contribution in [2.75, 3.05) is 13.2 Å². The van der Waals surface area contributed by atoms with Crippen LogP contribution in [0.1, 0.15) is 38.5 Å². The van der Waals surface area contributed by atoms with E-state index in [4.69, 9.17) is 11.5 Å². The number of carbonyl (C=O) groups is 2. The van der Waals surface area contributed by atoms with Crippen LogP contribution >= 0.6 is 0 Å². The summed E-state index contributed by atoms with van der Waals surface area (Å²) in [6.45, 7) is 0.441. The normalized spacial score (nSPS) is 23.4. The number of hydrogen-bond acceptors (Lipinski definition) is 4. The molecule has 0 aromatic carbocycles. The summed E-state index contributed by atoms with van der Waals surface area (Å²) >= 11 is 0. The van der Waals surface area contributed by atoms with Crippen molar-refractivity contribution in [2.24, 2.45) is 17.4 Å². The zero-order valence-corrected chi connectivity index (χ0v) is 10.7. The van der Waals surface area contributed by atoms with Crippen LogP contribution in [0.2, 0.25) is 0 Å². The second kappa shape index (κ2) is 7.92. The molecule has 0 bridgehead atoms. The first kappa shape index (κ1) is 14.8. The van der Waals surface area contributed by atoms with Gasteiger partial charge in [-0.15, -0.1) is 0 Å². The van der Waals surface area contributed by atoms with E-state index in [1.165, 1.54) is 0 Å². The molecule has 6 heteroatoms. The molecule has 0 atom stereocenters. The van der Waals surface area contributed by atoms with Gasteiger partial charge in [-0.1, -0.05) is 0 Å². The minimum atomic E-state index is -0.817. The molecule has 104 valence electrons. The van der Waals surface area contributed by atoms with E-state index >= 15 is 0 Å². The maximum absolute atomic E-state index is 11.5. The number of amides is 2. The Balaban J connectivity index is 2.01. The monoisotopic (exact) mass is 257 g/mol. The number of nitrogens with two attached hydrogens (primary N) is 2. The van der Waals surface area contributed by atoms with Crippen LogP contribution in [0.5, 0.6) is 0 Å². The van der Waals surface area contributed by atoms with Crippen LogP contribution in [0, 0.1) is 5.92 Å². The van der Waals surface area contributed by atoms with Gasteiger partial charge in [0.25, 0.3) is 0 Å². The fraction of sp³-hybridized carbons (Fsp3) is 0.833. The van der Waals surface area contributed by atoms with Crippen molar-refractivity contribution in [1.29, 1.82) is 0 Å². The van der Waals surface area contributed by atoms with Gasteiger partial charge >= 0.3 is 6.09 Å². The van der Waals surface area contributed by atoms with Crippen molar-refractivity contribution in [3.8, 4) is 0 Å². The second-order valence-electron chi connectivity index (χ2n) is 4.84. The van der Waals surface area contributed by atoms with Crippen LogP contribution in [-0.4, -0.2) is 31.2 Å². The van der Waals surface area contributed by atoms with Gasteiger partial charge in [0.1, 0.15) is 6.61 Å². The molecule has 0 aliphatic heterocycles. The maximum atomic E-state index is 11.5. The predicted octanol–water partition coefficient (Wildman–Crippen LogP) is 0.496. The van der Waals surface area contributed by atoms with E-state index < -0.39 is 6.09 Å². The molecule has 1 aliphatic rings. The van der Waals surface area contributed by atoms with Gasteiger partial charge in [-0.3, -0.25) is 4.79 Å². The van der Waals surface area contributed by atoms with Gasteiger partial charge in [0.05, 0.1) is 6.54 Å². The predicted molar refractivity (Wildman–Crippen MR) is 67.7 cm³/mol. The van der Waals surface area contributed by atoms with Gasteiger partial charge < -0.3 is 21.5 Å². The van der Waals surface area contributed by atoms with E-state index in [0.717, 1.165) is 32.1 Å². The zero-order chi connectivity index (χ0) is 13.4. The molecule has 0 aromatic rings. The van der Waals surface area contributed by atoms with Crippen molar-refractivity contribution in [2.45, 2.75) is 44.6 Å². The van der Waals surface area contributed by atoms with Gasteiger partial charge in [-0.05, 0) is 38.0 Å². The van der Waals surface area contributed by atoms with Crippen LogP contribution in [0.4, 0.5) is 4.79 Å². The number of carbonyl (C=O) groups excluding carboxylic acids is 2. The quantitative estimate of drug-likeness (QED) is 0.602. The summed E-state index contributed by atoms with van der Waals surface area (Å²) in [5.41, 5.74) is 10.6. The molecule has 0 aromatic heterocycles. The van der Waals surface area contributed by atoms with Crippen LogP contribution in [0.3, 0.4) is 0 Å². The highest BCUT2D eigenvalue weighted by Gasteiger charge is 2.18. The van der Waals surface area contributed by atoms with E-state index in [9.17, 15) is 9.59 Å². The highest BCUT2D eigenvalue weighted by Crippen LogP contribution is 2.26. The molecule has 2 amide bonds. The standard InChI is InChI=1S/C12H23N3O3/c13-10-4-1-9(2-5-10)3-6-11(16)15-7-8-18-12(14)17/h9-10H,1-8,13H2,(H2,14,17)(H,15,16). The highest BCUT2D eigenvalue weighted by atomic mass is 16.5. The number of hydrogen-bond donors (Lipinski definition) is 3. The molecule has 0 unspecified atom stereocenters. The Hall–Kier alpha value is -1.30. The Bertz CT molecular complexity index is 276. The topological polar surface area (TPSA) is 107 Å². The third-order valence-electron chi connectivity index (χ3n) is 3.34. The summed E-state index contributed by atoms with van der Waals surface area (Å²) in [5.74, 6) is 0.621. The van der Waals surface area contributed by atoms with Crippen molar-refractivity contribution in [3.63, 3.8) is 0 Å². The lowest BCUT2D eigenvalue weighted by Crippen LogP contribution is -2.30. The smallest absolute Gasteiger partial charge is 0.404 e. The maximum Gasteiger partial charge on any atom is 0.404 e. The molecule has 1 saturated carbocycles. The molecule has 1 fully saturated rings. The largest absolute Gasteiger partial charge is 0.448 e. The van der Waals surface area contributed by atoms with Crippen LogP contribution < -0.4 is 16.8 Å². The fourth-order valence-corrected chi connectivity index (χ4v) is 2.24. The molecule has 18 heavy (non-hydrogen) atoms. The van der Waals surface area contributed by atoms with Gasteiger partial charge in [0, 0.05) is 12.5 Å². The number of primary amides is 1. The molecule has 0 radical (unpaired) electrons. The Labute approximate surface area is 107 Å². The van der Waals surface area contributed by atoms with Crippen LogP contribution in [0.15, 0.2) is 0 Å². The summed E-state index contributed by atoms with van der Waals surface area (Å²) in [6.07, 6.45) is 5.00. The third kappa shape index (κ3) is 6.44. The van der Waals surface area contributed by atoms with Crippen molar-refractivity contribution in [1.82, 2.24) is 5.32 Å². The molecule has 5 N–H and O–H groups in total. The summed E-state index contributed by atoms with van der Waals surface area (Å²) < 4.78 is 4.51. The fourth-order valence-electron chi connectivity index (χ4n) is 2.24. The molecule has 1 aliphatic carbocycles. The molecule has 1 rings (SSSR count). The average Bonchev–Trinajstić information content (AvgIpc) is 2.34. The van der Waals surface area contributed by atoms with E-state index in [1.54, 1.807) is 0 Å². The molecule has 6 nitrogen and oxygen atoms in total. The first-order valence-corrected chi connectivity index (χ1v) is 6.52. The van der Waals surface area contributed by atoms with Crippen molar-refractivity contribution in [3.05, 3.63) is 0 Å². The van der Waals surface area contributed by atoms with Gasteiger partial charge in [-0.25, -0.2) is 4.79 Å². The Kier molecular flexibility index (Phi) is 6.49. The lowest BCUT2D eigenvalue weighted by Gasteiger charge is -2.25. The highest BCUT2D eigenvalue weighted by molar-refractivity contribution is 5.75. The molecular weight excluding hydrogens is 234 g/mol. The van der Waals surface area contributed by atoms with Gasteiger partial charge in [0.15, 0.2) is 0 Å². The van der Waals surface area contributed by atoms with Gasteiger partial charge in [-0.2, -0.15) is 0 Å². The Morgan fingerprint density at radius 2 is 1.89 bits per heavy atom. The van der Waals surface area contributed by atoms with E-state index in [-0.39, 0.29) is 12.5 Å². The molecular formula is C12H23N3O3. The minimum absolute atomic E-state index is 0.00191. The van der Waals surface area contributed by atoms with Crippen LogP contribution in [0.25, 0.3) is 0 Å². The number of ether oxygens (including phenoxy) is 1. The van der Waals surface area contributed by atoms with Crippen LogP contribution in [-0.2, 0) is 9.53 Å². The molecule has 0 spiro atoms. The average molecular weight is 257 g/mol. The van der Waals surface area contributed by atoms with E-state index in [1.807, 2.05) is 0 Å². The summed E-state index contributed by atoms with van der Waals surface area (Å²) in [7, 11) is 0. The van der Waals surface area contributed by atoms with Gasteiger partial charge in [0.2, 0.25) is 5.91 Å². The van der Waals surface area contributed by atoms with Crippen molar-refractivity contribution >= 4 is 12.0 Å².